The van der Waals surface area contributed by atoms with Crippen molar-refractivity contribution < 1.29 is 13.9 Å². The highest BCUT2D eigenvalue weighted by atomic mass is 19.1. The Morgan fingerprint density at radius 1 is 1.31 bits per heavy atom. The zero-order valence-corrected chi connectivity index (χ0v) is 18.5. The molecule has 0 bridgehead atoms. The molecule has 3 saturated heterocycles. The summed E-state index contributed by atoms with van der Waals surface area (Å²) in [6.07, 6.45) is 13.4. The van der Waals surface area contributed by atoms with Crippen molar-refractivity contribution in [2.45, 2.75) is 56.9 Å². The Kier molecular flexibility index (Phi) is 4.93. The molecule has 1 amide bonds. The summed E-state index contributed by atoms with van der Waals surface area (Å²) in [7, 11) is 0. The van der Waals surface area contributed by atoms with E-state index in [1.807, 2.05) is 49.1 Å². The standard InChI is InChI=1S/C24H28FN5O2/c1-4-5-6-7-17(2)19-8-10-23(3)29(19)22(31)24(32-23)11-14-28(15-12-24)20-9-13-26-21-18(25)16-27-30(20)21/h4-7,9,13,16,19H,2,8,10-12,14-15H2,1,3H3/b5-4-,7-6-/t19-,23+/m0/s1. The molecule has 32 heavy (non-hydrogen) atoms. The molecule has 2 aromatic rings. The van der Waals surface area contributed by atoms with Crippen molar-refractivity contribution in [3.63, 3.8) is 0 Å². The Bertz CT molecular complexity index is 1130. The number of amides is 1. The van der Waals surface area contributed by atoms with E-state index in [1.165, 1.54) is 10.7 Å². The number of hydrogen-bond acceptors (Lipinski definition) is 5. The molecule has 8 heteroatoms. The number of rotatable bonds is 4. The van der Waals surface area contributed by atoms with E-state index in [0.29, 0.717) is 25.9 Å². The lowest BCUT2D eigenvalue weighted by Crippen LogP contribution is -2.51. The SMILES string of the molecule is C=C(/C=C\C=C/C)[C@@H]1CC[C@@]2(C)OC3(CCN(c4ccnc5c(F)cnn45)CC3)C(=O)N12. The first-order valence-corrected chi connectivity index (χ1v) is 11.1. The van der Waals surface area contributed by atoms with Crippen molar-refractivity contribution in [3.8, 4) is 0 Å². The maximum atomic E-state index is 13.9. The van der Waals surface area contributed by atoms with Gasteiger partial charge in [-0.25, -0.2) is 9.37 Å². The molecule has 0 N–H and O–H groups in total. The topological polar surface area (TPSA) is 63.0 Å². The summed E-state index contributed by atoms with van der Waals surface area (Å²) in [5.41, 5.74) is -0.288. The van der Waals surface area contributed by atoms with Crippen LogP contribution < -0.4 is 4.90 Å². The number of fused-ring (bicyclic) bond motifs is 2. The highest BCUT2D eigenvalue weighted by Gasteiger charge is 2.63. The second-order valence-electron chi connectivity index (χ2n) is 8.98. The first-order chi connectivity index (χ1) is 15.4. The van der Waals surface area contributed by atoms with Crippen molar-refractivity contribution >= 4 is 17.4 Å². The van der Waals surface area contributed by atoms with Crippen molar-refractivity contribution in [2.75, 3.05) is 18.0 Å². The van der Waals surface area contributed by atoms with E-state index < -0.39 is 17.1 Å². The van der Waals surface area contributed by atoms with Crippen LogP contribution in [0.15, 0.2) is 54.9 Å². The van der Waals surface area contributed by atoms with Gasteiger partial charge in [0.15, 0.2) is 17.1 Å². The van der Waals surface area contributed by atoms with Gasteiger partial charge in [0, 0.05) is 32.1 Å². The predicted octanol–water partition coefficient (Wildman–Crippen LogP) is 3.63. The van der Waals surface area contributed by atoms with Gasteiger partial charge in [-0.1, -0.05) is 30.9 Å². The molecule has 1 spiro atoms. The highest BCUT2D eigenvalue weighted by Crippen LogP contribution is 2.50. The maximum Gasteiger partial charge on any atom is 0.257 e. The molecular weight excluding hydrogens is 409 g/mol. The van der Waals surface area contributed by atoms with Crippen molar-refractivity contribution in [3.05, 3.63) is 60.7 Å². The molecule has 0 aliphatic carbocycles. The number of hydrogen-bond donors (Lipinski definition) is 0. The van der Waals surface area contributed by atoms with Crippen molar-refractivity contribution in [1.82, 2.24) is 19.5 Å². The minimum atomic E-state index is -0.821. The fourth-order valence-electron chi connectivity index (χ4n) is 5.38. The number of ether oxygens (including phenoxy) is 1. The van der Waals surface area contributed by atoms with E-state index in [-0.39, 0.29) is 17.6 Å². The van der Waals surface area contributed by atoms with E-state index in [2.05, 4.69) is 21.6 Å². The number of halogens is 1. The molecule has 2 aromatic heterocycles. The van der Waals surface area contributed by atoms with E-state index in [0.717, 1.165) is 24.2 Å². The lowest BCUT2D eigenvalue weighted by atomic mass is 9.89. The lowest BCUT2D eigenvalue weighted by molar-refractivity contribution is -0.143. The van der Waals surface area contributed by atoms with Crippen LogP contribution in [0.5, 0.6) is 0 Å². The minimum Gasteiger partial charge on any atom is -0.356 e. The molecule has 3 aliphatic rings. The van der Waals surface area contributed by atoms with Crippen LogP contribution in [-0.4, -0.2) is 55.9 Å². The van der Waals surface area contributed by atoms with Gasteiger partial charge in [-0.05, 0) is 38.3 Å². The van der Waals surface area contributed by atoms with Gasteiger partial charge in [0.1, 0.15) is 11.5 Å². The maximum absolute atomic E-state index is 13.9. The third-order valence-corrected chi connectivity index (χ3v) is 7.00. The van der Waals surface area contributed by atoms with Crippen LogP contribution in [0.3, 0.4) is 0 Å². The van der Waals surface area contributed by atoms with Gasteiger partial charge >= 0.3 is 0 Å². The fraction of sp³-hybridized carbons (Fsp3) is 0.458. The Morgan fingerprint density at radius 3 is 2.84 bits per heavy atom. The van der Waals surface area contributed by atoms with E-state index in [4.69, 9.17) is 4.74 Å². The highest BCUT2D eigenvalue weighted by molar-refractivity contribution is 5.89. The molecule has 0 radical (unpaired) electrons. The first kappa shape index (κ1) is 20.9. The second-order valence-corrected chi connectivity index (χ2v) is 8.98. The summed E-state index contributed by atoms with van der Waals surface area (Å²) < 4.78 is 22.0. The van der Waals surface area contributed by atoms with E-state index in [1.54, 1.807) is 6.20 Å². The smallest absolute Gasteiger partial charge is 0.257 e. The zero-order valence-electron chi connectivity index (χ0n) is 18.5. The van der Waals surface area contributed by atoms with Gasteiger partial charge in [-0.2, -0.15) is 9.61 Å². The largest absolute Gasteiger partial charge is 0.356 e. The number of piperidine rings is 1. The van der Waals surface area contributed by atoms with Crippen molar-refractivity contribution in [1.29, 1.82) is 0 Å². The van der Waals surface area contributed by atoms with E-state index in [9.17, 15) is 9.18 Å². The van der Waals surface area contributed by atoms with Gasteiger partial charge < -0.3 is 14.5 Å². The minimum absolute atomic E-state index is 0.0433. The molecular formula is C24H28FN5O2. The second kappa shape index (κ2) is 7.55. The molecule has 3 fully saturated rings. The summed E-state index contributed by atoms with van der Waals surface area (Å²) in [6.45, 7) is 9.44. The number of allylic oxidation sites excluding steroid dienone is 3. The van der Waals surface area contributed by atoms with Gasteiger partial charge in [0.05, 0.1) is 12.2 Å². The Balaban J connectivity index is 1.35. The molecule has 0 aromatic carbocycles. The van der Waals surface area contributed by atoms with Gasteiger partial charge in [0.2, 0.25) is 0 Å². The number of anilines is 1. The number of nitrogens with zero attached hydrogens (tertiary/aromatic N) is 5. The van der Waals surface area contributed by atoms with Crippen LogP contribution in [0, 0.1) is 5.82 Å². The molecule has 5 rings (SSSR count). The van der Waals surface area contributed by atoms with Crippen LogP contribution in [0.2, 0.25) is 0 Å². The van der Waals surface area contributed by atoms with Crippen LogP contribution >= 0.6 is 0 Å². The van der Waals surface area contributed by atoms with Crippen molar-refractivity contribution in [2.24, 2.45) is 0 Å². The summed E-state index contributed by atoms with van der Waals surface area (Å²) in [5.74, 6) is 0.386. The monoisotopic (exact) mass is 437 g/mol. The van der Waals surface area contributed by atoms with Gasteiger partial charge in [-0.3, -0.25) is 4.79 Å². The third kappa shape index (κ3) is 3.08. The molecule has 2 atom stereocenters. The van der Waals surface area contributed by atoms with Crippen LogP contribution in [0.4, 0.5) is 10.2 Å². The predicted molar refractivity (Wildman–Crippen MR) is 120 cm³/mol. The quantitative estimate of drug-likeness (QED) is 0.684. The average molecular weight is 438 g/mol. The molecule has 3 aliphatic heterocycles. The average Bonchev–Trinajstić information content (AvgIpc) is 3.39. The molecule has 168 valence electrons. The number of aromatic nitrogens is 3. The Morgan fingerprint density at radius 2 is 2.09 bits per heavy atom. The number of carbonyl (C=O) groups excluding carboxylic acids is 1. The third-order valence-electron chi connectivity index (χ3n) is 7.00. The Hall–Kier alpha value is -3.00. The molecule has 7 nitrogen and oxygen atoms in total. The summed E-state index contributed by atoms with van der Waals surface area (Å²) >= 11 is 0. The van der Waals surface area contributed by atoms with E-state index >= 15 is 0 Å². The van der Waals surface area contributed by atoms with Crippen LogP contribution in [0.25, 0.3) is 5.65 Å². The van der Waals surface area contributed by atoms with Crippen LogP contribution in [0.1, 0.15) is 39.5 Å². The molecule has 0 saturated carbocycles. The normalized spacial score (nSPS) is 27.5. The summed E-state index contributed by atoms with van der Waals surface area (Å²) in [4.78, 5) is 21.8. The summed E-state index contributed by atoms with van der Waals surface area (Å²) in [6, 6.07) is 1.78. The fourth-order valence-corrected chi connectivity index (χ4v) is 5.38. The zero-order chi connectivity index (χ0) is 22.5. The van der Waals surface area contributed by atoms with Crippen LogP contribution in [-0.2, 0) is 9.53 Å². The van der Waals surface area contributed by atoms with Gasteiger partial charge in [-0.15, -0.1) is 0 Å². The first-order valence-electron chi connectivity index (χ1n) is 11.1. The molecule has 5 heterocycles. The van der Waals surface area contributed by atoms with Gasteiger partial charge in [0.25, 0.3) is 5.91 Å². The lowest BCUT2D eigenvalue weighted by Gasteiger charge is -2.38. The Labute approximate surface area is 186 Å². The summed E-state index contributed by atoms with van der Waals surface area (Å²) in [5, 5.41) is 4.12. The molecule has 0 unspecified atom stereocenters. The number of carbonyl (C=O) groups is 1.